The fourth-order valence-electron chi connectivity index (χ4n) is 2.17. The van der Waals surface area contributed by atoms with E-state index in [2.05, 4.69) is 9.97 Å². The fraction of sp³-hybridized carbons (Fsp3) is 0.0667. The third-order valence-corrected chi connectivity index (χ3v) is 3.55. The number of nitrogens with zero attached hydrogens (tertiary/aromatic N) is 2. The molecule has 1 aromatic heterocycles. The van der Waals surface area contributed by atoms with Crippen molar-refractivity contribution in [3.05, 3.63) is 51.8 Å². The van der Waals surface area contributed by atoms with Gasteiger partial charge in [0.05, 0.1) is 10.5 Å². The Hall–Kier alpha value is -1.91. The Labute approximate surface area is 130 Å². The lowest BCUT2D eigenvalue weighted by molar-refractivity contribution is 0.627. The second-order valence-electron chi connectivity index (χ2n) is 4.73. The molecule has 2 N–H and O–H groups in total. The van der Waals surface area contributed by atoms with Crippen molar-refractivity contribution in [2.24, 2.45) is 0 Å². The van der Waals surface area contributed by atoms with Crippen molar-refractivity contribution in [3.63, 3.8) is 0 Å². The number of nitrogens with two attached hydrogens (primary N) is 1. The SMILES string of the molecule is Cc1cc(F)cc(-c2nc(N)c3cc(Cl)cc(Cl)c3n2)c1. The molecule has 2 aromatic carbocycles. The van der Waals surface area contributed by atoms with E-state index in [1.165, 1.54) is 12.1 Å². The molecule has 0 unspecified atom stereocenters. The molecule has 0 amide bonds. The number of aryl methyl sites for hydroxylation is 1. The van der Waals surface area contributed by atoms with Crippen LogP contribution in [0.15, 0.2) is 30.3 Å². The molecule has 0 atom stereocenters. The zero-order valence-electron chi connectivity index (χ0n) is 11.0. The van der Waals surface area contributed by atoms with E-state index in [0.29, 0.717) is 32.3 Å². The van der Waals surface area contributed by atoms with Crippen LogP contribution in [0.2, 0.25) is 10.0 Å². The second-order valence-corrected chi connectivity index (χ2v) is 5.58. The highest BCUT2D eigenvalue weighted by atomic mass is 35.5. The van der Waals surface area contributed by atoms with Gasteiger partial charge >= 0.3 is 0 Å². The van der Waals surface area contributed by atoms with Crippen LogP contribution in [0.25, 0.3) is 22.3 Å². The minimum Gasteiger partial charge on any atom is -0.383 e. The molecule has 0 fully saturated rings. The third kappa shape index (κ3) is 2.64. The molecule has 3 nitrogen and oxygen atoms in total. The summed E-state index contributed by atoms with van der Waals surface area (Å²) in [5.74, 6) is 0.225. The van der Waals surface area contributed by atoms with Crippen LogP contribution in [0.1, 0.15) is 5.56 Å². The number of hydrogen-bond acceptors (Lipinski definition) is 3. The highest BCUT2D eigenvalue weighted by molar-refractivity contribution is 6.38. The number of hydrogen-bond donors (Lipinski definition) is 1. The van der Waals surface area contributed by atoms with Crippen molar-refractivity contribution in [2.45, 2.75) is 6.92 Å². The van der Waals surface area contributed by atoms with E-state index in [0.717, 1.165) is 5.56 Å². The van der Waals surface area contributed by atoms with Crippen molar-refractivity contribution < 1.29 is 4.39 Å². The van der Waals surface area contributed by atoms with Gasteiger partial charge < -0.3 is 5.73 Å². The predicted octanol–water partition coefficient (Wildman–Crippen LogP) is 4.63. The quantitative estimate of drug-likeness (QED) is 0.710. The lowest BCUT2D eigenvalue weighted by Crippen LogP contribution is -1.99. The standard InChI is InChI=1S/C15H10Cl2FN3/c1-7-2-8(4-10(18)3-7)15-20-13-11(14(19)21-15)5-9(16)6-12(13)17/h2-6H,1H3,(H2,19,20,21). The zero-order valence-corrected chi connectivity index (χ0v) is 12.5. The normalized spacial score (nSPS) is 11.0. The third-order valence-electron chi connectivity index (χ3n) is 3.05. The first-order valence-corrected chi connectivity index (χ1v) is 6.89. The maximum absolute atomic E-state index is 13.5. The van der Waals surface area contributed by atoms with E-state index in [1.54, 1.807) is 25.1 Å². The molecule has 0 bridgehead atoms. The molecule has 3 aromatic rings. The molecule has 0 saturated carbocycles. The van der Waals surface area contributed by atoms with E-state index in [-0.39, 0.29) is 11.6 Å². The van der Waals surface area contributed by atoms with Crippen LogP contribution in [-0.2, 0) is 0 Å². The Morgan fingerprint density at radius 2 is 1.81 bits per heavy atom. The predicted molar refractivity (Wildman–Crippen MR) is 84.1 cm³/mol. The monoisotopic (exact) mass is 321 g/mol. The molecule has 6 heteroatoms. The molecule has 0 radical (unpaired) electrons. The zero-order chi connectivity index (χ0) is 15.1. The van der Waals surface area contributed by atoms with Crippen LogP contribution in [0.5, 0.6) is 0 Å². The Bertz CT molecular complexity index is 845. The van der Waals surface area contributed by atoms with Gasteiger partial charge in [-0.05, 0) is 42.8 Å². The number of rotatable bonds is 1. The maximum Gasteiger partial charge on any atom is 0.162 e. The van der Waals surface area contributed by atoms with E-state index in [9.17, 15) is 4.39 Å². The van der Waals surface area contributed by atoms with E-state index >= 15 is 0 Å². The maximum atomic E-state index is 13.5. The lowest BCUT2D eigenvalue weighted by atomic mass is 10.1. The Morgan fingerprint density at radius 3 is 2.52 bits per heavy atom. The van der Waals surface area contributed by atoms with Crippen LogP contribution in [0.3, 0.4) is 0 Å². The summed E-state index contributed by atoms with van der Waals surface area (Å²) in [4.78, 5) is 8.60. The van der Waals surface area contributed by atoms with Crippen LogP contribution >= 0.6 is 23.2 Å². The van der Waals surface area contributed by atoms with Crippen molar-refractivity contribution >= 4 is 39.9 Å². The molecule has 21 heavy (non-hydrogen) atoms. The van der Waals surface area contributed by atoms with Gasteiger partial charge in [-0.15, -0.1) is 0 Å². The fourth-order valence-corrected chi connectivity index (χ4v) is 2.71. The smallest absolute Gasteiger partial charge is 0.162 e. The largest absolute Gasteiger partial charge is 0.383 e. The molecule has 0 aliphatic heterocycles. The molecular formula is C15H10Cl2FN3. The summed E-state index contributed by atoms with van der Waals surface area (Å²) in [6, 6.07) is 7.81. The molecule has 0 spiro atoms. The van der Waals surface area contributed by atoms with Crippen LogP contribution in [-0.4, -0.2) is 9.97 Å². The first-order valence-electron chi connectivity index (χ1n) is 6.14. The minimum atomic E-state index is -0.352. The van der Waals surface area contributed by atoms with Gasteiger partial charge in [0, 0.05) is 16.0 Å². The number of halogens is 3. The number of nitrogen functional groups attached to an aromatic ring is 1. The summed E-state index contributed by atoms with van der Waals surface area (Å²) < 4.78 is 13.5. The highest BCUT2D eigenvalue weighted by Crippen LogP contribution is 2.31. The Morgan fingerprint density at radius 1 is 1.05 bits per heavy atom. The highest BCUT2D eigenvalue weighted by Gasteiger charge is 2.12. The molecule has 0 aliphatic carbocycles. The topological polar surface area (TPSA) is 51.8 Å². The van der Waals surface area contributed by atoms with Gasteiger partial charge in [0.25, 0.3) is 0 Å². The summed E-state index contributed by atoms with van der Waals surface area (Å²) in [5, 5.41) is 1.41. The van der Waals surface area contributed by atoms with Gasteiger partial charge in [-0.2, -0.15) is 0 Å². The summed E-state index contributed by atoms with van der Waals surface area (Å²) in [6.45, 7) is 1.80. The summed E-state index contributed by atoms with van der Waals surface area (Å²) >= 11 is 12.1. The van der Waals surface area contributed by atoms with Crippen molar-refractivity contribution in [1.29, 1.82) is 0 Å². The molecule has 3 rings (SSSR count). The van der Waals surface area contributed by atoms with Gasteiger partial charge in [0.1, 0.15) is 11.6 Å². The molecule has 106 valence electrons. The summed E-state index contributed by atoms with van der Waals surface area (Å²) in [7, 11) is 0. The van der Waals surface area contributed by atoms with Crippen molar-refractivity contribution in [2.75, 3.05) is 5.73 Å². The van der Waals surface area contributed by atoms with Gasteiger partial charge in [0.2, 0.25) is 0 Å². The van der Waals surface area contributed by atoms with Gasteiger partial charge in [-0.25, -0.2) is 14.4 Å². The van der Waals surface area contributed by atoms with Crippen molar-refractivity contribution in [3.8, 4) is 11.4 Å². The van der Waals surface area contributed by atoms with Gasteiger partial charge in [-0.1, -0.05) is 23.2 Å². The van der Waals surface area contributed by atoms with Crippen LogP contribution in [0.4, 0.5) is 10.2 Å². The average molecular weight is 322 g/mol. The summed E-state index contributed by atoms with van der Waals surface area (Å²) in [6.07, 6.45) is 0. The van der Waals surface area contributed by atoms with Crippen molar-refractivity contribution in [1.82, 2.24) is 9.97 Å². The lowest BCUT2D eigenvalue weighted by Gasteiger charge is -2.08. The Balaban J connectivity index is 2.30. The molecule has 0 aliphatic rings. The van der Waals surface area contributed by atoms with Crippen LogP contribution < -0.4 is 5.73 Å². The number of benzene rings is 2. The van der Waals surface area contributed by atoms with E-state index in [4.69, 9.17) is 28.9 Å². The van der Waals surface area contributed by atoms with E-state index in [1.807, 2.05) is 0 Å². The number of anilines is 1. The first-order chi connectivity index (χ1) is 9.94. The first kappa shape index (κ1) is 14.0. The van der Waals surface area contributed by atoms with E-state index < -0.39 is 0 Å². The van der Waals surface area contributed by atoms with Gasteiger partial charge in [0.15, 0.2) is 5.82 Å². The number of aromatic nitrogens is 2. The second kappa shape index (κ2) is 5.13. The average Bonchev–Trinajstić information content (AvgIpc) is 2.38. The Kier molecular flexibility index (Phi) is 3.43. The molecular weight excluding hydrogens is 312 g/mol. The van der Waals surface area contributed by atoms with Crippen LogP contribution in [0, 0.1) is 12.7 Å². The van der Waals surface area contributed by atoms with Gasteiger partial charge in [-0.3, -0.25) is 0 Å². The minimum absolute atomic E-state index is 0.251. The number of fused-ring (bicyclic) bond motifs is 1. The molecule has 1 heterocycles. The molecule has 0 saturated heterocycles. The summed E-state index contributed by atoms with van der Waals surface area (Å²) in [5.41, 5.74) is 7.76.